The normalized spacial score (nSPS) is 15.1. The first kappa shape index (κ1) is 21.5. The number of hydrogen-bond acceptors (Lipinski definition) is 2. The number of hydrogen-bond donors (Lipinski definition) is 0. The Bertz CT molecular complexity index is 1000. The van der Waals surface area contributed by atoms with Crippen molar-refractivity contribution in [2.24, 2.45) is 5.92 Å². The second kappa shape index (κ2) is 10.0. The van der Waals surface area contributed by atoms with Crippen molar-refractivity contribution in [3.05, 3.63) is 71.9 Å². The van der Waals surface area contributed by atoms with Gasteiger partial charge in [0, 0.05) is 0 Å². The fourth-order valence-electron chi connectivity index (χ4n) is 4.36. The van der Waals surface area contributed by atoms with Gasteiger partial charge in [-0.05, 0) is 65.7 Å². The number of allylic oxidation sites excluding steroid dienone is 1. The van der Waals surface area contributed by atoms with E-state index in [4.69, 9.17) is 9.84 Å². The maximum absolute atomic E-state index is 6.00. The van der Waals surface area contributed by atoms with Crippen molar-refractivity contribution < 1.29 is 4.74 Å². The molecule has 1 aliphatic rings. The summed E-state index contributed by atoms with van der Waals surface area (Å²) in [5.41, 5.74) is 6.01. The molecular formula is C27H33BN2O. The molecule has 1 fully saturated rings. The smallest absolute Gasteiger partial charge is 0.145 e. The monoisotopic (exact) mass is 412 g/mol. The summed E-state index contributed by atoms with van der Waals surface area (Å²) in [5.74, 6) is 1.41. The van der Waals surface area contributed by atoms with E-state index in [1.54, 1.807) is 0 Å². The Balaban J connectivity index is 1.60. The number of rotatable bonds is 7. The van der Waals surface area contributed by atoms with Crippen LogP contribution in [0, 0.1) is 5.92 Å². The number of nitrogens with zero attached hydrogens (tertiary/aromatic N) is 2. The topological polar surface area (TPSA) is 27.1 Å². The lowest BCUT2D eigenvalue weighted by Crippen LogP contribution is -2.17. The number of aromatic nitrogens is 2. The molecule has 4 rings (SSSR count). The third-order valence-electron chi connectivity index (χ3n) is 6.12. The summed E-state index contributed by atoms with van der Waals surface area (Å²) in [6, 6.07) is 19.3. The van der Waals surface area contributed by atoms with Gasteiger partial charge in [-0.1, -0.05) is 69.5 Å². The number of benzene rings is 2. The molecule has 2 aromatic carbocycles. The average Bonchev–Trinajstić information content (AvgIpc) is 3.14. The van der Waals surface area contributed by atoms with E-state index >= 15 is 0 Å². The van der Waals surface area contributed by atoms with Crippen LogP contribution in [0.4, 0.5) is 0 Å². The predicted octanol–water partition coefficient (Wildman–Crippen LogP) is 5.56. The summed E-state index contributed by atoms with van der Waals surface area (Å²) >= 11 is 0. The molecule has 0 N–H and O–H groups in total. The first-order valence-corrected chi connectivity index (χ1v) is 11.7. The van der Waals surface area contributed by atoms with E-state index in [1.807, 2.05) is 18.2 Å². The zero-order valence-corrected chi connectivity index (χ0v) is 19.1. The fraction of sp³-hybridized carbons (Fsp3) is 0.370. The Labute approximate surface area is 187 Å². The van der Waals surface area contributed by atoms with Crippen LogP contribution in [0.3, 0.4) is 0 Å². The fourth-order valence-corrected chi connectivity index (χ4v) is 4.36. The van der Waals surface area contributed by atoms with Crippen molar-refractivity contribution >= 4 is 19.4 Å². The quantitative estimate of drug-likeness (QED) is 0.475. The molecule has 0 atom stereocenters. The Morgan fingerprint density at radius 3 is 2.42 bits per heavy atom. The molecule has 0 aliphatic heterocycles. The largest absolute Gasteiger partial charge is 0.489 e. The van der Waals surface area contributed by atoms with Crippen LogP contribution in [0.2, 0.25) is 0 Å². The van der Waals surface area contributed by atoms with Crippen LogP contribution < -0.4 is 10.2 Å². The van der Waals surface area contributed by atoms with Crippen LogP contribution in [0.5, 0.6) is 5.75 Å². The Hall–Kier alpha value is -2.75. The zero-order chi connectivity index (χ0) is 21.6. The molecule has 1 heterocycles. The first-order chi connectivity index (χ1) is 15.1. The summed E-state index contributed by atoms with van der Waals surface area (Å²) in [5, 5.41) is 5.08. The summed E-state index contributed by atoms with van der Waals surface area (Å²) in [6.45, 7) is 5.00. The second-order valence-electron chi connectivity index (χ2n) is 9.00. The third-order valence-corrected chi connectivity index (χ3v) is 6.12. The van der Waals surface area contributed by atoms with Crippen LogP contribution >= 0.6 is 0 Å². The molecule has 0 spiro atoms. The molecule has 31 heavy (non-hydrogen) atoms. The molecule has 0 bridgehead atoms. The van der Waals surface area contributed by atoms with E-state index in [9.17, 15) is 0 Å². The molecule has 4 heteroatoms. The van der Waals surface area contributed by atoms with Crippen LogP contribution in [-0.4, -0.2) is 17.6 Å². The molecule has 0 unspecified atom stereocenters. The van der Waals surface area contributed by atoms with Crippen LogP contribution in [0.1, 0.15) is 63.3 Å². The van der Waals surface area contributed by atoms with E-state index in [0.29, 0.717) is 18.6 Å². The summed E-state index contributed by atoms with van der Waals surface area (Å²) in [4.78, 5) is 0. The van der Waals surface area contributed by atoms with Crippen molar-refractivity contribution in [3.63, 3.8) is 0 Å². The van der Waals surface area contributed by atoms with Gasteiger partial charge >= 0.3 is 0 Å². The molecule has 0 amide bonds. The summed E-state index contributed by atoms with van der Waals surface area (Å²) in [6.07, 6.45) is 10.8. The third kappa shape index (κ3) is 5.30. The standard InChI is InChI=1S/C27H33BN2O/c1-20(2)13-18-25-26(28)27(30(29-25)23-11-7-4-8-12-23)22-14-16-24(17-15-22)31-19-21-9-5-3-6-10-21/h3,5-6,9-10,13-18,20,23H,4,7-8,11-12,19,28H2,1-2H3/b18-13+. The minimum Gasteiger partial charge on any atom is -0.489 e. The summed E-state index contributed by atoms with van der Waals surface area (Å²) < 4.78 is 8.31. The molecule has 3 nitrogen and oxygen atoms in total. The van der Waals surface area contributed by atoms with Crippen molar-refractivity contribution in [3.8, 4) is 17.0 Å². The molecule has 1 saturated carbocycles. The molecule has 3 aromatic rings. The van der Waals surface area contributed by atoms with Crippen LogP contribution in [0.15, 0.2) is 60.7 Å². The van der Waals surface area contributed by atoms with Crippen LogP contribution in [-0.2, 0) is 6.61 Å². The van der Waals surface area contributed by atoms with Crippen molar-refractivity contribution in [2.75, 3.05) is 0 Å². The highest BCUT2D eigenvalue weighted by Crippen LogP contribution is 2.32. The lowest BCUT2D eigenvalue weighted by Gasteiger charge is -2.24. The zero-order valence-electron chi connectivity index (χ0n) is 19.1. The Morgan fingerprint density at radius 2 is 1.74 bits per heavy atom. The van der Waals surface area contributed by atoms with Gasteiger partial charge < -0.3 is 4.74 Å². The van der Waals surface area contributed by atoms with E-state index in [1.165, 1.54) is 54.4 Å². The van der Waals surface area contributed by atoms with Crippen LogP contribution in [0.25, 0.3) is 17.3 Å². The molecule has 1 aliphatic carbocycles. The Kier molecular flexibility index (Phi) is 6.96. The highest BCUT2D eigenvalue weighted by molar-refractivity contribution is 6.37. The number of ether oxygens (including phenoxy) is 1. The van der Waals surface area contributed by atoms with Crippen molar-refractivity contribution in [1.29, 1.82) is 0 Å². The first-order valence-electron chi connectivity index (χ1n) is 11.7. The summed E-state index contributed by atoms with van der Waals surface area (Å²) in [7, 11) is 2.21. The van der Waals surface area contributed by atoms with Gasteiger partial charge in [-0.2, -0.15) is 5.10 Å². The van der Waals surface area contributed by atoms with Gasteiger partial charge in [0.15, 0.2) is 0 Å². The lowest BCUT2D eigenvalue weighted by molar-refractivity contribution is 0.306. The van der Waals surface area contributed by atoms with Gasteiger partial charge in [0.2, 0.25) is 0 Å². The van der Waals surface area contributed by atoms with Crippen molar-refractivity contribution in [1.82, 2.24) is 9.78 Å². The highest BCUT2D eigenvalue weighted by Gasteiger charge is 2.22. The van der Waals surface area contributed by atoms with Gasteiger partial charge in [0.25, 0.3) is 0 Å². The minimum absolute atomic E-state index is 0.498. The second-order valence-corrected chi connectivity index (χ2v) is 9.00. The predicted molar refractivity (Wildman–Crippen MR) is 133 cm³/mol. The minimum atomic E-state index is 0.498. The molecule has 1 aromatic heterocycles. The maximum Gasteiger partial charge on any atom is 0.145 e. The van der Waals surface area contributed by atoms with E-state index in [0.717, 1.165) is 11.4 Å². The van der Waals surface area contributed by atoms with Crippen molar-refractivity contribution in [2.45, 2.75) is 58.6 Å². The van der Waals surface area contributed by atoms with Gasteiger partial charge in [-0.3, -0.25) is 4.68 Å². The van der Waals surface area contributed by atoms with Gasteiger partial charge in [0.05, 0.1) is 17.4 Å². The lowest BCUT2D eigenvalue weighted by atomic mass is 9.88. The SMILES string of the molecule is Bc1c(/C=C/C(C)C)nn(C2CCCCC2)c1-c1ccc(OCc2ccccc2)cc1. The van der Waals surface area contributed by atoms with Gasteiger partial charge in [-0.15, -0.1) is 0 Å². The van der Waals surface area contributed by atoms with E-state index in [-0.39, 0.29) is 0 Å². The average molecular weight is 412 g/mol. The maximum atomic E-state index is 6.00. The highest BCUT2D eigenvalue weighted by atomic mass is 16.5. The van der Waals surface area contributed by atoms with E-state index in [2.05, 4.69) is 74.9 Å². The Morgan fingerprint density at radius 1 is 1.03 bits per heavy atom. The molecular weight excluding hydrogens is 379 g/mol. The van der Waals surface area contributed by atoms with Gasteiger partial charge in [0.1, 0.15) is 20.2 Å². The molecule has 0 saturated heterocycles. The molecule has 0 radical (unpaired) electrons. The molecule has 160 valence electrons. The van der Waals surface area contributed by atoms with E-state index < -0.39 is 0 Å². The van der Waals surface area contributed by atoms with Gasteiger partial charge in [-0.25, -0.2) is 0 Å².